The number of thioether (sulfide) groups is 1. The number of hydrogen-bond acceptors (Lipinski definition) is 2. The molecule has 0 spiro atoms. The quantitative estimate of drug-likeness (QED) is 0.798. The van der Waals surface area contributed by atoms with E-state index in [1.165, 1.54) is 33.4 Å². The maximum Gasteiger partial charge on any atom is 0.230 e. The van der Waals surface area contributed by atoms with Gasteiger partial charge in [0.2, 0.25) is 5.91 Å². The molecule has 0 aliphatic carbocycles. The highest BCUT2D eigenvalue weighted by Gasteiger charge is 2.11. The van der Waals surface area contributed by atoms with Crippen LogP contribution in [0.5, 0.6) is 0 Å². The third-order valence-corrected chi connectivity index (χ3v) is 5.06. The molecule has 0 bridgehead atoms. The highest BCUT2D eigenvalue weighted by atomic mass is 32.2. The van der Waals surface area contributed by atoms with Gasteiger partial charge in [0, 0.05) is 5.75 Å². The van der Waals surface area contributed by atoms with E-state index < -0.39 is 0 Å². The lowest BCUT2D eigenvalue weighted by Crippen LogP contribution is -2.28. The summed E-state index contributed by atoms with van der Waals surface area (Å²) in [6.45, 7) is 10.5. The largest absolute Gasteiger partial charge is 0.349 e. The van der Waals surface area contributed by atoms with Crippen molar-refractivity contribution in [3.8, 4) is 0 Å². The minimum Gasteiger partial charge on any atom is -0.349 e. The van der Waals surface area contributed by atoms with Gasteiger partial charge >= 0.3 is 0 Å². The molecule has 0 saturated carbocycles. The second kappa shape index (κ2) is 8.39. The molecule has 0 aliphatic rings. The van der Waals surface area contributed by atoms with Gasteiger partial charge in [0.25, 0.3) is 0 Å². The first-order valence-corrected chi connectivity index (χ1v) is 9.52. The van der Waals surface area contributed by atoms with Crippen molar-refractivity contribution in [3.05, 3.63) is 69.8 Å². The maximum atomic E-state index is 12.2. The van der Waals surface area contributed by atoms with E-state index in [9.17, 15) is 4.79 Å². The van der Waals surface area contributed by atoms with Crippen molar-refractivity contribution < 1.29 is 4.79 Å². The van der Waals surface area contributed by atoms with Crippen molar-refractivity contribution in [2.45, 2.75) is 46.4 Å². The lowest BCUT2D eigenvalue weighted by atomic mass is 10.0. The molecule has 128 valence electrons. The lowest BCUT2D eigenvalue weighted by molar-refractivity contribution is -0.119. The Labute approximate surface area is 150 Å². The van der Waals surface area contributed by atoms with Gasteiger partial charge < -0.3 is 5.32 Å². The fourth-order valence-electron chi connectivity index (χ4n) is 3.09. The van der Waals surface area contributed by atoms with Crippen LogP contribution >= 0.6 is 11.8 Å². The summed E-state index contributed by atoms with van der Waals surface area (Å²) in [4.78, 5) is 12.2. The van der Waals surface area contributed by atoms with Gasteiger partial charge in [0.05, 0.1) is 11.8 Å². The SMILES string of the molecule is Cc1cc(C)cc(CSCC(=O)N[C@H](C)c2ccc(C)cc2C)c1. The molecule has 0 aromatic heterocycles. The van der Waals surface area contributed by atoms with E-state index in [2.05, 4.69) is 69.4 Å². The molecule has 1 amide bonds. The smallest absolute Gasteiger partial charge is 0.230 e. The summed E-state index contributed by atoms with van der Waals surface area (Å²) in [5.41, 5.74) is 7.50. The summed E-state index contributed by atoms with van der Waals surface area (Å²) >= 11 is 1.66. The van der Waals surface area contributed by atoms with E-state index in [0.717, 1.165) is 5.75 Å². The van der Waals surface area contributed by atoms with Gasteiger partial charge in [-0.05, 0) is 51.3 Å². The minimum absolute atomic E-state index is 0.0416. The predicted molar refractivity (Wildman–Crippen MR) is 105 cm³/mol. The van der Waals surface area contributed by atoms with Crippen LogP contribution in [0.1, 0.15) is 46.3 Å². The molecule has 2 aromatic rings. The molecular formula is C21H27NOS. The van der Waals surface area contributed by atoms with Crippen molar-refractivity contribution in [3.63, 3.8) is 0 Å². The third kappa shape index (κ3) is 5.41. The van der Waals surface area contributed by atoms with Gasteiger partial charge in [0.15, 0.2) is 0 Å². The molecule has 2 nitrogen and oxygen atoms in total. The summed E-state index contributed by atoms with van der Waals surface area (Å²) in [5.74, 6) is 1.45. The summed E-state index contributed by atoms with van der Waals surface area (Å²) < 4.78 is 0. The predicted octanol–water partition coefficient (Wildman–Crippen LogP) is 5.03. The van der Waals surface area contributed by atoms with E-state index >= 15 is 0 Å². The van der Waals surface area contributed by atoms with Gasteiger partial charge in [-0.1, -0.05) is 53.1 Å². The first-order valence-electron chi connectivity index (χ1n) is 8.36. The first kappa shape index (κ1) is 18.6. The average Bonchev–Trinajstić information content (AvgIpc) is 2.45. The molecule has 0 fully saturated rings. The number of aryl methyl sites for hydroxylation is 4. The monoisotopic (exact) mass is 341 g/mol. The maximum absolute atomic E-state index is 12.2. The van der Waals surface area contributed by atoms with Crippen molar-refractivity contribution in [2.75, 3.05) is 5.75 Å². The number of rotatable bonds is 6. The second-order valence-electron chi connectivity index (χ2n) is 6.64. The van der Waals surface area contributed by atoms with Gasteiger partial charge in [0.1, 0.15) is 0 Å². The van der Waals surface area contributed by atoms with Crippen LogP contribution in [0.4, 0.5) is 0 Å². The van der Waals surface area contributed by atoms with Crippen LogP contribution in [0.3, 0.4) is 0 Å². The molecule has 3 heteroatoms. The highest BCUT2D eigenvalue weighted by Crippen LogP contribution is 2.19. The number of amides is 1. The topological polar surface area (TPSA) is 29.1 Å². The normalized spacial score (nSPS) is 12.0. The molecule has 2 aromatic carbocycles. The highest BCUT2D eigenvalue weighted by molar-refractivity contribution is 7.99. The molecule has 24 heavy (non-hydrogen) atoms. The van der Waals surface area contributed by atoms with Crippen LogP contribution in [-0.4, -0.2) is 11.7 Å². The molecular weight excluding hydrogens is 314 g/mol. The molecule has 2 rings (SSSR count). The van der Waals surface area contributed by atoms with Gasteiger partial charge in [-0.2, -0.15) is 0 Å². The van der Waals surface area contributed by atoms with Crippen LogP contribution < -0.4 is 5.32 Å². The molecule has 1 atom stereocenters. The number of benzene rings is 2. The van der Waals surface area contributed by atoms with E-state index in [0.29, 0.717) is 5.75 Å². The van der Waals surface area contributed by atoms with Crippen molar-refractivity contribution in [1.29, 1.82) is 0 Å². The zero-order valence-electron chi connectivity index (χ0n) is 15.3. The number of nitrogens with one attached hydrogen (secondary N) is 1. The molecule has 0 aliphatic heterocycles. The Morgan fingerprint density at radius 2 is 1.67 bits per heavy atom. The minimum atomic E-state index is 0.0416. The summed E-state index contributed by atoms with van der Waals surface area (Å²) in [5, 5.41) is 3.11. The van der Waals surface area contributed by atoms with Crippen LogP contribution in [0.25, 0.3) is 0 Å². The van der Waals surface area contributed by atoms with E-state index in [1.54, 1.807) is 11.8 Å². The fraction of sp³-hybridized carbons (Fsp3) is 0.381. The zero-order valence-corrected chi connectivity index (χ0v) is 16.1. The Balaban J connectivity index is 1.84. The molecule has 0 saturated heterocycles. The van der Waals surface area contributed by atoms with Crippen LogP contribution in [0.15, 0.2) is 36.4 Å². The Kier molecular flexibility index (Phi) is 6.50. The zero-order chi connectivity index (χ0) is 17.7. The third-order valence-electron chi connectivity index (χ3n) is 4.05. The summed E-state index contributed by atoms with van der Waals surface area (Å²) in [6, 6.07) is 13.0. The lowest BCUT2D eigenvalue weighted by Gasteiger charge is -2.17. The Morgan fingerprint density at radius 1 is 1.00 bits per heavy atom. The second-order valence-corrected chi connectivity index (χ2v) is 7.62. The molecule has 0 unspecified atom stereocenters. The standard InChI is InChI=1S/C21H27NOS/c1-14-6-7-20(17(4)9-14)18(5)22-21(23)13-24-12-19-10-15(2)8-16(3)11-19/h6-11,18H,12-13H2,1-5H3,(H,22,23)/t18-/m1/s1. The van der Waals surface area contributed by atoms with E-state index in [4.69, 9.17) is 0 Å². The molecule has 0 heterocycles. The van der Waals surface area contributed by atoms with Gasteiger partial charge in [-0.25, -0.2) is 0 Å². The molecule has 0 radical (unpaired) electrons. The Bertz CT molecular complexity index is 704. The first-order chi connectivity index (χ1) is 11.3. The fourth-order valence-corrected chi connectivity index (χ4v) is 3.86. The average molecular weight is 342 g/mol. The van der Waals surface area contributed by atoms with Crippen LogP contribution in [-0.2, 0) is 10.5 Å². The van der Waals surface area contributed by atoms with Gasteiger partial charge in [-0.15, -0.1) is 11.8 Å². The van der Waals surface area contributed by atoms with Crippen molar-refractivity contribution >= 4 is 17.7 Å². The summed E-state index contributed by atoms with van der Waals surface area (Å²) in [7, 11) is 0. The number of carbonyl (C=O) groups is 1. The van der Waals surface area contributed by atoms with Gasteiger partial charge in [-0.3, -0.25) is 4.79 Å². The van der Waals surface area contributed by atoms with Crippen LogP contribution in [0.2, 0.25) is 0 Å². The van der Waals surface area contributed by atoms with E-state index in [-0.39, 0.29) is 11.9 Å². The number of hydrogen-bond donors (Lipinski definition) is 1. The number of carbonyl (C=O) groups excluding carboxylic acids is 1. The van der Waals surface area contributed by atoms with Crippen molar-refractivity contribution in [1.82, 2.24) is 5.32 Å². The molecule has 1 N–H and O–H groups in total. The Morgan fingerprint density at radius 3 is 2.29 bits per heavy atom. The Hall–Kier alpha value is -1.74. The van der Waals surface area contributed by atoms with Crippen LogP contribution in [0, 0.1) is 27.7 Å². The summed E-state index contributed by atoms with van der Waals surface area (Å²) in [6.07, 6.45) is 0. The van der Waals surface area contributed by atoms with E-state index in [1.807, 2.05) is 6.92 Å². The van der Waals surface area contributed by atoms with Crippen molar-refractivity contribution in [2.24, 2.45) is 0 Å².